The molecule has 0 aliphatic carbocycles. The summed E-state index contributed by atoms with van der Waals surface area (Å²) in [4.78, 5) is 34.7. The molecule has 0 aromatic heterocycles. The lowest BCUT2D eigenvalue weighted by Gasteiger charge is -2.11. The van der Waals surface area contributed by atoms with Gasteiger partial charge in [0.1, 0.15) is 0 Å². The zero-order chi connectivity index (χ0) is 16.2. The van der Waals surface area contributed by atoms with Crippen LogP contribution in [0.1, 0.15) is 31.2 Å². The van der Waals surface area contributed by atoms with Crippen molar-refractivity contribution >= 4 is 23.4 Å². The van der Waals surface area contributed by atoms with Gasteiger partial charge < -0.3 is 10.1 Å². The van der Waals surface area contributed by atoms with Crippen LogP contribution >= 0.6 is 0 Å². The molecule has 3 amide bonds. The molecule has 2 saturated heterocycles. The number of rotatable bonds is 5. The van der Waals surface area contributed by atoms with Crippen molar-refractivity contribution in [1.29, 1.82) is 0 Å². The highest BCUT2D eigenvalue weighted by atomic mass is 16.5. The molecule has 2 fully saturated rings. The van der Waals surface area contributed by atoms with Gasteiger partial charge in [0.15, 0.2) is 0 Å². The molecule has 2 aliphatic rings. The Kier molecular flexibility index (Phi) is 4.71. The molecule has 2 aliphatic heterocycles. The van der Waals surface area contributed by atoms with Gasteiger partial charge in [-0.25, -0.2) is 0 Å². The highest BCUT2D eigenvalue weighted by Gasteiger charge is 2.30. The van der Waals surface area contributed by atoms with E-state index in [1.54, 1.807) is 0 Å². The van der Waals surface area contributed by atoms with Crippen molar-refractivity contribution in [2.75, 3.05) is 11.9 Å². The molecule has 2 atom stereocenters. The number of amides is 3. The molecule has 6 nitrogen and oxygen atoms in total. The molecule has 2 heterocycles. The number of benzene rings is 1. The minimum Gasteiger partial charge on any atom is -0.378 e. The lowest BCUT2D eigenvalue weighted by molar-refractivity contribution is -0.126. The third kappa shape index (κ3) is 4.16. The van der Waals surface area contributed by atoms with Gasteiger partial charge in [0.05, 0.1) is 18.4 Å². The van der Waals surface area contributed by atoms with Crippen LogP contribution < -0.4 is 10.6 Å². The molecule has 0 unspecified atom stereocenters. The van der Waals surface area contributed by atoms with Gasteiger partial charge in [-0.3, -0.25) is 19.7 Å². The largest absolute Gasteiger partial charge is 0.378 e. The van der Waals surface area contributed by atoms with Crippen LogP contribution in [0.25, 0.3) is 0 Å². The van der Waals surface area contributed by atoms with Gasteiger partial charge in [-0.05, 0) is 37.0 Å². The van der Waals surface area contributed by atoms with Crippen LogP contribution in [-0.2, 0) is 25.5 Å². The Morgan fingerprint density at radius 1 is 1.26 bits per heavy atom. The van der Waals surface area contributed by atoms with Crippen LogP contribution in [0.2, 0.25) is 0 Å². The molecule has 23 heavy (non-hydrogen) atoms. The van der Waals surface area contributed by atoms with E-state index in [2.05, 4.69) is 10.6 Å². The highest BCUT2D eigenvalue weighted by Crippen LogP contribution is 2.20. The summed E-state index contributed by atoms with van der Waals surface area (Å²) in [6.07, 6.45) is 3.15. The first-order chi connectivity index (χ1) is 11.1. The minimum absolute atomic E-state index is 0.0349. The van der Waals surface area contributed by atoms with Crippen LogP contribution in [0.3, 0.4) is 0 Å². The second-order valence-corrected chi connectivity index (χ2v) is 6.10. The molecule has 122 valence electrons. The van der Waals surface area contributed by atoms with Gasteiger partial charge in [0.25, 0.3) is 0 Å². The maximum Gasteiger partial charge on any atom is 0.230 e. The van der Waals surface area contributed by atoms with Crippen LogP contribution in [0.5, 0.6) is 0 Å². The molecular weight excluding hydrogens is 296 g/mol. The van der Waals surface area contributed by atoms with E-state index >= 15 is 0 Å². The first kappa shape index (κ1) is 15.7. The third-order valence-electron chi connectivity index (χ3n) is 4.22. The van der Waals surface area contributed by atoms with Crippen LogP contribution in [-0.4, -0.2) is 30.4 Å². The topological polar surface area (TPSA) is 84.5 Å². The van der Waals surface area contributed by atoms with E-state index in [-0.39, 0.29) is 36.2 Å². The normalized spacial score (nSPS) is 23.8. The fourth-order valence-corrected chi connectivity index (χ4v) is 3.00. The monoisotopic (exact) mass is 316 g/mol. The lowest BCUT2D eigenvalue weighted by atomic mass is 9.98. The van der Waals surface area contributed by atoms with Gasteiger partial charge in [-0.2, -0.15) is 0 Å². The lowest BCUT2D eigenvalue weighted by Crippen LogP contribution is -2.22. The molecule has 0 radical (unpaired) electrons. The summed E-state index contributed by atoms with van der Waals surface area (Å²) in [7, 11) is 0. The van der Waals surface area contributed by atoms with Gasteiger partial charge in [0.2, 0.25) is 17.7 Å². The van der Waals surface area contributed by atoms with Gasteiger partial charge in [0, 0.05) is 18.7 Å². The maximum absolute atomic E-state index is 11.9. The number of ether oxygens (including phenoxy) is 1. The second-order valence-electron chi connectivity index (χ2n) is 6.10. The zero-order valence-electron chi connectivity index (χ0n) is 12.8. The van der Waals surface area contributed by atoms with E-state index in [1.807, 2.05) is 24.3 Å². The average Bonchev–Trinajstić information content (AvgIpc) is 3.11. The van der Waals surface area contributed by atoms with Crippen molar-refractivity contribution < 1.29 is 19.1 Å². The zero-order valence-corrected chi connectivity index (χ0v) is 12.8. The van der Waals surface area contributed by atoms with E-state index in [0.717, 1.165) is 30.7 Å². The number of anilines is 1. The standard InChI is InChI=1S/C17H20N2O4/c20-15-9-12(17(22)19-15)8-11-3-5-13(6-4-11)18-16(21)10-14-2-1-7-23-14/h3-6,12,14H,1-2,7-10H2,(H,18,21)(H,19,20,22)/t12-,14+/m0/s1. The van der Waals surface area contributed by atoms with Crippen molar-refractivity contribution in [2.24, 2.45) is 5.92 Å². The maximum atomic E-state index is 11.9. The Hall–Kier alpha value is -2.21. The number of nitrogens with one attached hydrogen (secondary N) is 2. The van der Waals surface area contributed by atoms with Gasteiger partial charge in [-0.15, -0.1) is 0 Å². The van der Waals surface area contributed by atoms with Crippen molar-refractivity contribution in [1.82, 2.24) is 5.32 Å². The first-order valence-corrected chi connectivity index (χ1v) is 7.94. The Labute approximate surface area is 134 Å². The van der Waals surface area contributed by atoms with E-state index < -0.39 is 0 Å². The van der Waals surface area contributed by atoms with E-state index in [9.17, 15) is 14.4 Å². The first-order valence-electron chi connectivity index (χ1n) is 7.94. The summed E-state index contributed by atoms with van der Waals surface area (Å²) < 4.78 is 5.45. The number of imide groups is 1. The minimum atomic E-state index is -0.289. The fourth-order valence-electron chi connectivity index (χ4n) is 3.00. The summed E-state index contributed by atoms with van der Waals surface area (Å²) in [5.41, 5.74) is 1.70. The Morgan fingerprint density at radius 2 is 2.04 bits per heavy atom. The smallest absolute Gasteiger partial charge is 0.230 e. The number of carbonyl (C=O) groups is 3. The number of hydrogen-bond acceptors (Lipinski definition) is 4. The summed E-state index contributed by atoms with van der Waals surface area (Å²) in [5, 5.41) is 5.17. The van der Waals surface area contributed by atoms with Crippen molar-refractivity contribution in [3.05, 3.63) is 29.8 Å². The molecule has 0 saturated carbocycles. The molecule has 2 N–H and O–H groups in total. The summed E-state index contributed by atoms with van der Waals surface area (Å²) >= 11 is 0. The van der Waals surface area contributed by atoms with Gasteiger partial charge >= 0.3 is 0 Å². The van der Waals surface area contributed by atoms with E-state index in [4.69, 9.17) is 4.74 Å². The van der Waals surface area contributed by atoms with Crippen LogP contribution in [0, 0.1) is 5.92 Å². The predicted molar refractivity (Wildman–Crippen MR) is 83.6 cm³/mol. The van der Waals surface area contributed by atoms with E-state index in [0.29, 0.717) is 12.8 Å². The molecule has 0 bridgehead atoms. The summed E-state index contributed by atoms with van der Waals surface area (Å²) in [6, 6.07) is 7.38. The molecule has 1 aromatic carbocycles. The second kappa shape index (κ2) is 6.91. The van der Waals surface area contributed by atoms with Crippen molar-refractivity contribution in [2.45, 2.75) is 38.2 Å². The molecular formula is C17H20N2O4. The number of hydrogen-bond donors (Lipinski definition) is 2. The average molecular weight is 316 g/mol. The van der Waals surface area contributed by atoms with Crippen LogP contribution in [0.4, 0.5) is 5.69 Å². The predicted octanol–water partition coefficient (Wildman–Crippen LogP) is 1.40. The van der Waals surface area contributed by atoms with Crippen molar-refractivity contribution in [3.63, 3.8) is 0 Å². The SMILES string of the molecule is O=C1C[C@H](Cc2ccc(NC(=O)C[C@H]3CCCO3)cc2)C(=O)N1. The highest BCUT2D eigenvalue weighted by molar-refractivity contribution is 6.03. The fraction of sp³-hybridized carbons (Fsp3) is 0.471. The number of carbonyl (C=O) groups excluding carboxylic acids is 3. The quantitative estimate of drug-likeness (QED) is 0.804. The molecule has 6 heteroatoms. The Bertz CT molecular complexity index is 606. The van der Waals surface area contributed by atoms with Crippen LogP contribution in [0.15, 0.2) is 24.3 Å². The molecule has 1 aromatic rings. The van der Waals surface area contributed by atoms with Crippen molar-refractivity contribution in [3.8, 4) is 0 Å². The van der Waals surface area contributed by atoms with E-state index in [1.165, 1.54) is 0 Å². The molecule has 0 spiro atoms. The summed E-state index contributed by atoms with van der Waals surface area (Å²) in [6.45, 7) is 0.740. The Morgan fingerprint density at radius 3 is 2.65 bits per heavy atom. The summed E-state index contributed by atoms with van der Waals surface area (Å²) in [5.74, 6) is -0.755. The third-order valence-corrected chi connectivity index (χ3v) is 4.22. The van der Waals surface area contributed by atoms with Gasteiger partial charge in [-0.1, -0.05) is 12.1 Å². The molecule has 3 rings (SSSR count). The Balaban J connectivity index is 1.51.